The molecule has 8 N–H and O–H groups in total. The van der Waals surface area contributed by atoms with Crippen molar-refractivity contribution in [1.82, 2.24) is 24.8 Å². The molecule has 0 spiro atoms. The molecule has 0 unspecified atom stereocenters. The molecule has 13 heteroatoms. The highest BCUT2D eigenvalue weighted by molar-refractivity contribution is 5.84. The molecule has 250 valence electrons. The van der Waals surface area contributed by atoms with Crippen LogP contribution >= 0.6 is 0 Å². The summed E-state index contributed by atoms with van der Waals surface area (Å²) in [4.78, 5) is 25.1. The lowest BCUT2D eigenvalue weighted by atomic mass is 10.0. The second kappa shape index (κ2) is 15.1. The number of ether oxygens (including phenoxy) is 2. The molecule has 1 saturated heterocycles. The van der Waals surface area contributed by atoms with Gasteiger partial charge in [-0.05, 0) is 78.7 Å². The van der Waals surface area contributed by atoms with Gasteiger partial charge in [0.05, 0.1) is 25.4 Å². The van der Waals surface area contributed by atoms with Gasteiger partial charge >= 0.3 is 0 Å². The molecule has 0 bridgehead atoms. The predicted octanol–water partition coefficient (Wildman–Crippen LogP) is 3.52. The third-order valence-electron chi connectivity index (χ3n) is 8.35. The summed E-state index contributed by atoms with van der Waals surface area (Å²) in [6.07, 6.45) is 3.47. The minimum absolute atomic E-state index is 0.0372. The molecule has 6 rings (SSSR count). The van der Waals surface area contributed by atoms with Crippen molar-refractivity contribution in [3.05, 3.63) is 90.3 Å². The number of phenols is 1. The monoisotopic (exact) mass is 652 g/mol. The zero-order valence-corrected chi connectivity index (χ0v) is 26.5. The Hall–Kier alpha value is -5.24. The number of benzene rings is 3. The summed E-state index contributed by atoms with van der Waals surface area (Å²) in [6, 6.07) is 22.4. The molecular formula is C35H40N8O5. The number of primary amides is 1. The van der Waals surface area contributed by atoms with Crippen molar-refractivity contribution in [2.75, 3.05) is 30.8 Å². The number of nitrogens with one attached hydrogen (secondary N) is 2. The average Bonchev–Trinajstić information content (AvgIpc) is 3.73. The summed E-state index contributed by atoms with van der Waals surface area (Å²) in [6.45, 7) is 1.51. The van der Waals surface area contributed by atoms with Gasteiger partial charge in [-0.25, -0.2) is 15.0 Å². The lowest BCUT2D eigenvalue weighted by Crippen LogP contribution is -2.43. The number of carbonyl (C=O) groups excluding carboxylic acids is 1. The average molecular weight is 653 g/mol. The quantitative estimate of drug-likeness (QED) is 0.0906. The molecule has 2 aromatic heterocycles. The Bertz CT molecular complexity index is 1830. The Labute approximate surface area is 277 Å². The van der Waals surface area contributed by atoms with Crippen LogP contribution in [0.25, 0.3) is 22.3 Å². The van der Waals surface area contributed by atoms with Crippen LogP contribution in [-0.2, 0) is 22.5 Å². The summed E-state index contributed by atoms with van der Waals surface area (Å²) < 4.78 is 13.9. The summed E-state index contributed by atoms with van der Waals surface area (Å²) in [5.41, 5.74) is 16.8. The maximum absolute atomic E-state index is 11.9. The molecule has 1 amide bonds. The van der Waals surface area contributed by atoms with E-state index in [2.05, 4.69) is 49.9 Å². The topological polar surface area (TPSA) is 196 Å². The lowest BCUT2D eigenvalue weighted by molar-refractivity contribution is -0.120. The molecule has 3 heterocycles. The Balaban J connectivity index is 1.02. The highest BCUT2D eigenvalue weighted by atomic mass is 16.5. The van der Waals surface area contributed by atoms with Crippen LogP contribution in [0, 0.1) is 0 Å². The van der Waals surface area contributed by atoms with E-state index in [0.29, 0.717) is 55.5 Å². The fraction of sp³-hybridized carbons (Fsp3) is 0.314. The molecule has 48 heavy (non-hydrogen) atoms. The van der Waals surface area contributed by atoms with Crippen LogP contribution in [0.1, 0.15) is 36.6 Å². The Morgan fingerprint density at radius 2 is 1.83 bits per heavy atom. The van der Waals surface area contributed by atoms with Gasteiger partial charge in [0.15, 0.2) is 17.0 Å². The Kier molecular flexibility index (Phi) is 10.3. The second-order valence-corrected chi connectivity index (χ2v) is 11.8. The van der Waals surface area contributed by atoms with E-state index in [1.54, 1.807) is 24.3 Å². The number of aromatic hydroxyl groups is 1. The van der Waals surface area contributed by atoms with Gasteiger partial charge in [0, 0.05) is 6.54 Å². The first kappa shape index (κ1) is 32.7. The molecule has 0 aliphatic carbocycles. The number of phenolic OH excluding ortho intramolecular Hbond substituents is 1. The molecule has 1 aliphatic heterocycles. The highest BCUT2D eigenvalue weighted by Crippen LogP contribution is 2.34. The van der Waals surface area contributed by atoms with E-state index >= 15 is 0 Å². The van der Waals surface area contributed by atoms with E-state index in [1.807, 2.05) is 28.8 Å². The normalized spacial score (nSPS) is 16.6. The number of fused-ring (bicyclic) bond motifs is 1. The minimum atomic E-state index is -0.508. The van der Waals surface area contributed by atoms with E-state index in [4.69, 9.17) is 20.9 Å². The van der Waals surface area contributed by atoms with Crippen LogP contribution in [0.3, 0.4) is 0 Å². The molecule has 5 aromatic rings. The van der Waals surface area contributed by atoms with Gasteiger partial charge in [-0.2, -0.15) is 0 Å². The summed E-state index contributed by atoms with van der Waals surface area (Å²) in [5.74, 6) is 1.39. The van der Waals surface area contributed by atoms with Gasteiger partial charge in [0.25, 0.3) is 0 Å². The van der Waals surface area contributed by atoms with Crippen molar-refractivity contribution in [2.45, 2.75) is 50.6 Å². The number of aromatic nitrogens is 4. The van der Waals surface area contributed by atoms with Crippen LogP contribution in [0.2, 0.25) is 0 Å². The molecule has 3 aromatic carbocycles. The number of aliphatic hydroxyl groups excluding tert-OH is 1. The fourth-order valence-electron chi connectivity index (χ4n) is 5.78. The number of amides is 1. The number of nitrogen functional groups attached to an aromatic ring is 1. The van der Waals surface area contributed by atoms with Crippen molar-refractivity contribution in [2.24, 2.45) is 5.73 Å². The molecule has 1 fully saturated rings. The first-order chi connectivity index (χ1) is 23.4. The Morgan fingerprint density at radius 1 is 1.04 bits per heavy atom. The first-order valence-corrected chi connectivity index (χ1v) is 16.0. The van der Waals surface area contributed by atoms with Crippen LogP contribution in [0.15, 0.2) is 79.1 Å². The molecular weight excluding hydrogens is 612 g/mol. The number of anilines is 2. The number of hydrogen-bond acceptors (Lipinski definition) is 11. The molecule has 13 nitrogen and oxygen atoms in total. The lowest BCUT2D eigenvalue weighted by Gasteiger charge is -2.17. The number of nitrogens with zero attached hydrogens (tertiary/aromatic N) is 4. The van der Waals surface area contributed by atoms with Crippen molar-refractivity contribution in [3.63, 3.8) is 0 Å². The number of imidazole rings is 1. The third-order valence-corrected chi connectivity index (χ3v) is 8.35. The highest BCUT2D eigenvalue weighted by Gasteiger charge is 2.30. The summed E-state index contributed by atoms with van der Waals surface area (Å²) in [7, 11) is 0. The standard InChI is InChI=1S/C35H40N8O5/c36-32-31-34(41-21-40-32)43(30-14-13-28(20-44)48-30)35(42-31)39-19-23-5-9-24(10-6-23)25-3-1-4-27(18-25)47-16-2-15-38-29(33(37)46)17-22-7-11-26(45)12-8-22/h1,3-12,18,21,28-30,38,44-45H,2,13-17,19-20H2,(H2,37,46)(H,39,42)(H2,36,40,41)/t28-,29-,30+/m0/s1. The first-order valence-electron chi connectivity index (χ1n) is 16.0. The van der Waals surface area contributed by atoms with Crippen LogP contribution in [0.5, 0.6) is 11.5 Å². The van der Waals surface area contributed by atoms with Crippen molar-refractivity contribution in [3.8, 4) is 22.6 Å². The third kappa shape index (κ3) is 7.82. The number of aliphatic hydroxyl groups is 1. The van der Waals surface area contributed by atoms with Crippen molar-refractivity contribution < 1.29 is 24.5 Å². The zero-order chi connectivity index (χ0) is 33.5. The van der Waals surface area contributed by atoms with Gasteiger partial charge in [0.1, 0.15) is 24.1 Å². The van der Waals surface area contributed by atoms with Gasteiger partial charge in [-0.15, -0.1) is 0 Å². The van der Waals surface area contributed by atoms with Crippen LogP contribution in [-0.4, -0.2) is 67.5 Å². The van der Waals surface area contributed by atoms with E-state index in [1.165, 1.54) is 6.33 Å². The molecule has 0 radical (unpaired) electrons. The fourth-order valence-corrected chi connectivity index (χ4v) is 5.78. The Morgan fingerprint density at radius 3 is 2.58 bits per heavy atom. The number of hydrogen-bond donors (Lipinski definition) is 6. The van der Waals surface area contributed by atoms with E-state index < -0.39 is 11.9 Å². The maximum Gasteiger partial charge on any atom is 0.234 e. The largest absolute Gasteiger partial charge is 0.508 e. The van der Waals surface area contributed by atoms with E-state index in [-0.39, 0.29) is 24.7 Å². The second-order valence-electron chi connectivity index (χ2n) is 11.8. The van der Waals surface area contributed by atoms with E-state index in [9.17, 15) is 15.0 Å². The maximum atomic E-state index is 11.9. The summed E-state index contributed by atoms with van der Waals surface area (Å²) in [5, 5.41) is 25.7. The van der Waals surface area contributed by atoms with Gasteiger partial charge in [-0.3, -0.25) is 9.36 Å². The van der Waals surface area contributed by atoms with Crippen molar-refractivity contribution >= 4 is 28.8 Å². The smallest absolute Gasteiger partial charge is 0.234 e. The molecule has 0 saturated carbocycles. The number of nitrogens with two attached hydrogens (primary N) is 2. The summed E-state index contributed by atoms with van der Waals surface area (Å²) >= 11 is 0. The molecule has 3 atom stereocenters. The number of carbonyl (C=O) groups is 1. The van der Waals surface area contributed by atoms with E-state index in [0.717, 1.165) is 40.8 Å². The van der Waals surface area contributed by atoms with Crippen molar-refractivity contribution in [1.29, 1.82) is 0 Å². The van der Waals surface area contributed by atoms with Gasteiger partial charge in [0.2, 0.25) is 11.9 Å². The molecule has 1 aliphatic rings. The number of rotatable bonds is 15. The predicted molar refractivity (Wildman–Crippen MR) is 182 cm³/mol. The van der Waals surface area contributed by atoms with Gasteiger partial charge in [-0.1, -0.05) is 48.5 Å². The van der Waals surface area contributed by atoms with Crippen LogP contribution < -0.4 is 26.8 Å². The minimum Gasteiger partial charge on any atom is -0.508 e. The SMILES string of the molecule is NC(=O)[C@H](Cc1ccc(O)cc1)NCCCOc1cccc(-c2ccc(CNc3nc4c(N)ncnc4n3[C@H]3CC[C@@H](CO)O3)cc2)c1. The van der Waals surface area contributed by atoms with Gasteiger partial charge < -0.3 is 41.8 Å². The van der Waals surface area contributed by atoms with Crippen LogP contribution in [0.4, 0.5) is 11.8 Å². The zero-order valence-electron chi connectivity index (χ0n) is 26.5.